The van der Waals surface area contributed by atoms with Gasteiger partial charge in [0.1, 0.15) is 5.82 Å². The summed E-state index contributed by atoms with van der Waals surface area (Å²) in [4.78, 5) is 0. The molecule has 0 N–H and O–H groups in total. The summed E-state index contributed by atoms with van der Waals surface area (Å²) < 4.78 is 24.8. The van der Waals surface area contributed by atoms with Crippen LogP contribution < -0.4 is 5.19 Å². The van der Waals surface area contributed by atoms with Gasteiger partial charge in [-0.15, -0.1) is 0 Å². The molecule has 0 heterocycles. The van der Waals surface area contributed by atoms with Crippen molar-refractivity contribution in [2.45, 2.75) is 6.55 Å². The molecule has 3 heteroatoms. The molecule has 0 spiro atoms. The van der Waals surface area contributed by atoms with E-state index in [4.69, 9.17) is 0 Å². The van der Waals surface area contributed by atoms with Crippen LogP contribution in [0, 0.1) is 5.82 Å². The Morgan fingerprint density at radius 3 is 2.10 bits per heavy atom. The Morgan fingerprint density at radius 2 is 1.70 bits per heavy atom. The van der Waals surface area contributed by atoms with Crippen LogP contribution in [0.2, 0.25) is 6.55 Å². The molecule has 1 aromatic carbocycles. The summed E-state index contributed by atoms with van der Waals surface area (Å²) in [5.74, 6) is -0.313. The molecule has 0 atom stereocenters. The second-order valence-electron chi connectivity index (χ2n) is 2.04. The zero-order valence-corrected chi connectivity index (χ0v) is 6.57. The minimum Gasteiger partial charge on any atom is -0.308 e. The van der Waals surface area contributed by atoms with Gasteiger partial charge in [-0.05, 0) is 23.9 Å². The topological polar surface area (TPSA) is 0 Å². The van der Waals surface area contributed by atoms with E-state index in [-0.39, 0.29) is 5.82 Å². The van der Waals surface area contributed by atoms with E-state index in [0.29, 0.717) is 5.19 Å². The van der Waals surface area contributed by atoms with Gasteiger partial charge in [-0.3, -0.25) is 0 Å². The highest BCUT2D eigenvalue weighted by Gasteiger charge is 2.05. The maximum atomic E-state index is 12.5. The number of hydrogen-bond donors (Lipinski definition) is 0. The Hall–Kier alpha value is -0.703. The summed E-state index contributed by atoms with van der Waals surface area (Å²) >= 11 is 0. The molecule has 0 bridgehead atoms. The lowest BCUT2D eigenvalue weighted by Gasteiger charge is -1.96. The predicted molar refractivity (Wildman–Crippen MR) is 38.8 cm³/mol. The minimum absolute atomic E-state index is 0.313. The first-order valence-corrected chi connectivity index (χ1v) is 4.83. The Kier molecular flexibility index (Phi) is 2.16. The SMILES string of the molecule is C[Si](F)c1ccc(F)cc1. The van der Waals surface area contributed by atoms with E-state index < -0.39 is 9.13 Å². The van der Waals surface area contributed by atoms with Crippen molar-refractivity contribution in [2.75, 3.05) is 0 Å². The van der Waals surface area contributed by atoms with Crippen LogP contribution in [0.4, 0.5) is 8.50 Å². The summed E-state index contributed by atoms with van der Waals surface area (Å²) in [6.07, 6.45) is 0. The average Bonchev–Trinajstić information content (AvgIpc) is 1.88. The van der Waals surface area contributed by atoms with E-state index in [2.05, 4.69) is 0 Å². The first kappa shape index (κ1) is 7.40. The molecule has 0 saturated carbocycles. The molecule has 0 fully saturated rings. The minimum atomic E-state index is -1.90. The molecular weight excluding hydrogens is 150 g/mol. The Labute approximate surface area is 60.3 Å². The van der Waals surface area contributed by atoms with Gasteiger partial charge < -0.3 is 4.11 Å². The number of hydrogen-bond acceptors (Lipinski definition) is 0. The van der Waals surface area contributed by atoms with Gasteiger partial charge in [0.25, 0.3) is 0 Å². The van der Waals surface area contributed by atoms with Gasteiger partial charge in [-0.1, -0.05) is 12.1 Å². The van der Waals surface area contributed by atoms with Crippen LogP contribution in [-0.4, -0.2) is 9.13 Å². The van der Waals surface area contributed by atoms with Gasteiger partial charge >= 0.3 is 9.13 Å². The number of halogens is 2. The van der Waals surface area contributed by atoms with Crippen molar-refractivity contribution in [1.29, 1.82) is 0 Å². The van der Waals surface area contributed by atoms with Crippen molar-refractivity contribution < 1.29 is 8.50 Å². The predicted octanol–water partition coefficient (Wildman–Crippen LogP) is 1.62. The van der Waals surface area contributed by atoms with Crippen LogP contribution in [0.3, 0.4) is 0 Å². The molecule has 53 valence electrons. The monoisotopic (exact) mass is 157 g/mol. The van der Waals surface area contributed by atoms with Crippen LogP contribution in [-0.2, 0) is 0 Å². The van der Waals surface area contributed by atoms with Crippen molar-refractivity contribution in [1.82, 2.24) is 0 Å². The van der Waals surface area contributed by atoms with Crippen molar-refractivity contribution >= 4 is 14.3 Å². The van der Waals surface area contributed by atoms with Gasteiger partial charge in [0, 0.05) is 0 Å². The molecule has 0 aliphatic carbocycles. The molecule has 1 aromatic rings. The lowest BCUT2D eigenvalue weighted by Crippen LogP contribution is -2.20. The van der Waals surface area contributed by atoms with Crippen LogP contribution >= 0.6 is 0 Å². The molecule has 0 aromatic heterocycles. The standard InChI is InChI=1S/C7H7F2Si/c1-10(9)7-4-2-6(8)3-5-7/h2-5H,1H3. The molecule has 1 rings (SSSR count). The fourth-order valence-corrected chi connectivity index (χ4v) is 1.31. The molecule has 10 heavy (non-hydrogen) atoms. The van der Waals surface area contributed by atoms with Gasteiger partial charge in [0.2, 0.25) is 0 Å². The third-order valence-electron chi connectivity index (χ3n) is 1.24. The Bertz CT molecular complexity index is 205. The van der Waals surface area contributed by atoms with Crippen LogP contribution in [0.5, 0.6) is 0 Å². The van der Waals surface area contributed by atoms with Gasteiger partial charge in [0.05, 0.1) is 0 Å². The van der Waals surface area contributed by atoms with Gasteiger partial charge in [0.15, 0.2) is 0 Å². The Balaban J connectivity index is 2.89. The quantitative estimate of drug-likeness (QED) is 0.429. The van der Waals surface area contributed by atoms with Crippen molar-refractivity contribution in [3.8, 4) is 0 Å². The first-order valence-electron chi connectivity index (χ1n) is 2.95. The zero-order chi connectivity index (χ0) is 7.56. The highest BCUT2D eigenvalue weighted by atomic mass is 28.3. The highest BCUT2D eigenvalue weighted by molar-refractivity contribution is 6.65. The summed E-state index contributed by atoms with van der Waals surface area (Å²) in [7, 11) is -1.90. The lowest BCUT2D eigenvalue weighted by atomic mass is 10.3. The normalized spacial score (nSPS) is 10.4. The van der Waals surface area contributed by atoms with Crippen LogP contribution in [0.15, 0.2) is 24.3 Å². The lowest BCUT2D eigenvalue weighted by molar-refractivity contribution is 0.628. The third-order valence-corrected chi connectivity index (χ3v) is 2.37. The molecule has 0 amide bonds. The van der Waals surface area contributed by atoms with Crippen molar-refractivity contribution in [3.05, 3.63) is 30.1 Å². The Morgan fingerprint density at radius 1 is 1.20 bits per heavy atom. The van der Waals surface area contributed by atoms with E-state index in [0.717, 1.165) is 0 Å². The molecule has 0 saturated heterocycles. The molecule has 1 radical (unpaired) electrons. The smallest absolute Gasteiger partial charge is 0.302 e. The number of benzene rings is 1. The second kappa shape index (κ2) is 2.92. The molecule has 0 aliphatic heterocycles. The molecular formula is C7H7F2Si. The summed E-state index contributed by atoms with van der Waals surface area (Å²) in [5, 5.41) is 0.617. The maximum Gasteiger partial charge on any atom is 0.302 e. The van der Waals surface area contributed by atoms with E-state index in [1.54, 1.807) is 0 Å². The van der Waals surface area contributed by atoms with E-state index in [1.807, 2.05) is 0 Å². The molecule has 0 aliphatic rings. The first-order chi connectivity index (χ1) is 4.70. The molecule has 0 nitrogen and oxygen atoms in total. The van der Waals surface area contributed by atoms with Gasteiger partial charge in [-0.2, -0.15) is 0 Å². The van der Waals surface area contributed by atoms with Crippen molar-refractivity contribution in [3.63, 3.8) is 0 Å². The van der Waals surface area contributed by atoms with E-state index >= 15 is 0 Å². The fourth-order valence-electron chi connectivity index (χ4n) is 0.680. The summed E-state index contributed by atoms with van der Waals surface area (Å²) in [6.45, 7) is 1.53. The van der Waals surface area contributed by atoms with Crippen molar-refractivity contribution in [2.24, 2.45) is 0 Å². The summed E-state index contributed by atoms with van der Waals surface area (Å²) in [6, 6.07) is 5.54. The highest BCUT2D eigenvalue weighted by Crippen LogP contribution is 1.94. The van der Waals surface area contributed by atoms with E-state index in [1.165, 1.54) is 30.8 Å². The third kappa shape index (κ3) is 1.64. The second-order valence-corrected chi connectivity index (χ2v) is 3.68. The van der Waals surface area contributed by atoms with Gasteiger partial charge in [-0.25, -0.2) is 4.39 Å². The van der Waals surface area contributed by atoms with Crippen LogP contribution in [0.1, 0.15) is 0 Å². The molecule has 0 unspecified atom stereocenters. The summed E-state index contributed by atoms with van der Waals surface area (Å²) in [5.41, 5.74) is 0. The average molecular weight is 157 g/mol. The fraction of sp³-hybridized carbons (Fsp3) is 0.143. The van der Waals surface area contributed by atoms with Crippen LogP contribution in [0.25, 0.3) is 0 Å². The van der Waals surface area contributed by atoms with E-state index in [9.17, 15) is 8.50 Å². The maximum absolute atomic E-state index is 12.5. The largest absolute Gasteiger partial charge is 0.308 e. The zero-order valence-electron chi connectivity index (χ0n) is 5.57. The number of rotatable bonds is 1.